The second-order valence-corrected chi connectivity index (χ2v) is 10.8. The first kappa shape index (κ1) is 35.8. The van der Waals surface area contributed by atoms with Gasteiger partial charge in [0.25, 0.3) is 0 Å². The molecular formula is C31H36F4N6O5. The van der Waals surface area contributed by atoms with Gasteiger partial charge in [-0.15, -0.1) is 5.11 Å². The van der Waals surface area contributed by atoms with Crippen LogP contribution in [0.5, 0.6) is 5.75 Å². The van der Waals surface area contributed by atoms with Gasteiger partial charge in [0, 0.05) is 18.5 Å². The van der Waals surface area contributed by atoms with Crippen LogP contribution >= 0.6 is 0 Å². The number of ether oxygens (including phenoxy) is 1. The van der Waals surface area contributed by atoms with E-state index in [2.05, 4.69) is 25.5 Å². The van der Waals surface area contributed by atoms with Gasteiger partial charge < -0.3 is 20.9 Å². The number of aliphatic imine (C=N–C) groups is 2. The Morgan fingerprint density at radius 3 is 2.46 bits per heavy atom. The normalized spacial score (nSPS) is 15.8. The number of hydrogen-bond donors (Lipinski definition) is 3. The van der Waals surface area contributed by atoms with Crippen molar-refractivity contribution in [3.8, 4) is 5.75 Å². The molecule has 0 spiro atoms. The zero-order valence-corrected chi connectivity index (χ0v) is 25.2. The SMILES string of the molecule is COc1cc(CNC(=O)[C@@H](CC2CCCCC2)N=C(N)CC(=O)Cc2cccc(C3=NCN=N3)c2)ccc1F.O=C(O)C(F)(F)F. The Kier molecular flexibility index (Phi) is 13.3. The fourth-order valence-electron chi connectivity index (χ4n) is 5.01. The van der Waals surface area contributed by atoms with Gasteiger partial charge in [-0.1, -0.05) is 56.4 Å². The van der Waals surface area contributed by atoms with E-state index in [4.69, 9.17) is 20.4 Å². The second-order valence-electron chi connectivity index (χ2n) is 10.8. The Morgan fingerprint density at radius 2 is 1.83 bits per heavy atom. The Bertz CT molecular complexity index is 1470. The number of carbonyl (C=O) groups excluding carboxylic acids is 2. The average Bonchev–Trinajstić information content (AvgIpc) is 3.56. The van der Waals surface area contributed by atoms with Crippen molar-refractivity contribution in [1.82, 2.24) is 5.32 Å². The van der Waals surface area contributed by atoms with Gasteiger partial charge >= 0.3 is 12.1 Å². The summed E-state index contributed by atoms with van der Waals surface area (Å²) in [5, 5.41) is 17.9. The summed E-state index contributed by atoms with van der Waals surface area (Å²) in [4.78, 5) is 43.7. The smallest absolute Gasteiger partial charge is 0.490 e. The third-order valence-corrected chi connectivity index (χ3v) is 7.24. The molecule has 4 N–H and O–H groups in total. The predicted molar refractivity (Wildman–Crippen MR) is 161 cm³/mol. The van der Waals surface area contributed by atoms with Crippen molar-refractivity contribution in [1.29, 1.82) is 0 Å². The first-order valence-electron chi connectivity index (χ1n) is 14.6. The molecule has 248 valence electrons. The van der Waals surface area contributed by atoms with E-state index >= 15 is 0 Å². The fourth-order valence-corrected chi connectivity index (χ4v) is 5.01. The van der Waals surface area contributed by atoms with Crippen LogP contribution < -0.4 is 15.8 Å². The molecule has 1 amide bonds. The zero-order chi connectivity index (χ0) is 33.7. The number of nitrogens with zero attached hydrogens (tertiary/aromatic N) is 4. The quantitative estimate of drug-likeness (QED) is 0.163. The molecule has 15 heteroatoms. The number of rotatable bonds is 12. The molecular weight excluding hydrogens is 612 g/mol. The summed E-state index contributed by atoms with van der Waals surface area (Å²) in [6.07, 6.45) is 1.21. The number of halogens is 4. The van der Waals surface area contributed by atoms with Crippen molar-refractivity contribution in [2.45, 2.75) is 70.1 Å². The number of Topliss-reactive ketones (excluding diaryl/α,β-unsaturated/α-hetero) is 1. The van der Waals surface area contributed by atoms with Gasteiger partial charge in [0.15, 0.2) is 24.1 Å². The fraction of sp³-hybridized carbons (Fsp3) is 0.452. The molecule has 0 radical (unpaired) electrons. The van der Waals surface area contributed by atoms with Crippen LogP contribution in [-0.2, 0) is 27.3 Å². The summed E-state index contributed by atoms with van der Waals surface area (Å²) in [6, 6.07) is 11.2. The summed E-state index contributed by atoms with van der Waals surface area (Å²) >= 11 is 0. The number of carboxylic acids is 1. The van der Waals surface area contributed by atoms with E-state index in [1.165, 1.54) is 19.6 Å². The lowest BCUT2D eigenvalue weighted by molar-refractivity contribution is -0.192. The standard InChI is InChI=1S/C29H35FN6O3.C2HF3O2/c1-39-26-15-21(10-11-24(26)30)17-32-29(38)25(14-19-6-3-2-4-7-19)35-27(31)16-23(37)13-20-8-5-9-22(12-20)28-33-18-34-36-28;3-2(4,5)1(6)7/h5,8-12,15,19,25H,2-4,6-7,13-14,16-18H2,1H3,(H2,31,35)(H,32,38);(H,6,7)/t25-;/m1./s1. The molecule has 0 bridgehead atoms. The van der Waals surface area contributed by atoms with Crippen molar-refractivity contribution < 1.29 is 41.8 Å². The minimum Gasteiger partial charge on any atom is -0.494 e. The van der Waals surface area contributed by atoms with Crippen molar-refractivity contribution in [2.75, 3.05) is 13.8 Å². The maximum atomic E-state index is 13.7. The lowest BCUT2D eigenvalue weighted by Crippen LogP contribution is -2.36. The number of ketones is 1. The van der Waals surface area contributed by atoms with Gasteiger partial charge in [-0.05, 0) is 41.7 Å². The van der Waals surface area contributed by atoms with Gasteiger partial charge in [0.2, 0.25) is 5.91 Å². The van der Waals surface area contributed by atoms with E-state index < -0.39 is 24.0 Å². The Labute approximate surface area is 263 Å². The van der Waals surface area contributed by atoms with Gasteiger partial charge in [-0.25, -0.2) is 14.2 Å². The summed E-state index contributed by atoms with van der Waals surface area (Å²) in [6.45, 7) is 0.519. The third-order valence-electron chi connectivity index (χ3n) is 7.24. The van der Waals surface area contributed by atoms with E-state index in [9.17, 15) is 27.2 Å². The summed E-state index contributed by atoms with van der Waals surface area (Å²) < 4.78 is 50.5. The van der Waals surface area contributed by atoms with Gasteiger partial charge in [-0.3, -0.25) is 14.6 Å². The Hall–Kier alpha value is -4.69. The van der Waals surface area contributed by atoms with Crippen LogP contribution in [0.1, 0.15) is 61.6 Å². The molecule has 1 aliphatic carbocycles. The van der Waals surface area contributed by atoms with Crippen molar-refractivity contribution >= 4 is 29.3 Å². The highest BCUT2D eigenvalue weighted by atomic mass is 19.4. The third kappa shape index (κ3) is 11.7. The molecule has 2 aliphatic rings. The number of carbonyl (C=O) groups is 3. The van der Waals surface area contributed by atoms with Crippen LogP contribution in [0.15, 0.2) is 62.7 Å². The molecule has 2 aromatic carbocycles. The van der Waals surface area contributed by atoms with Crippen LogP contribution in [0.4, 0.5) is 17.6 Å². The maximum absolute atomic E-state index is 13.7. The van der Waals surface area contributed by atoms with Crippen LogP contribution in [0.3, 0.4) is 0 Å². The van der Waals surface area contributed by atoms with Crippen molar-refractivity contribution in [2.24, 2.45) is 31.9 Å². The highest BCUT2D eigenvalue weighted by Crippen LogP contribution is 2.28. The van der Waals surface area contributed by atoms with Crippen molar-refractivity contribution in [3.05, 3.63) is 65.0 Å². The molecule has 11 nitrogen and oxygen atoms in total. The van der Waals surface area contributed by atoms with E-state index in [1.54, 1.807) is 12.1 Å². The Morgan fingerprint density at radius 1 is 1.11 bits per heavy atom. The first-order chi connectivity index (χ1) is 21.8. The molecule has 1 saturated carbocycles. The molecule has 4 rings (SSSR count). The van der Waals surface area contributed by atoms with Crippen LogP contribution in [-0.4, -0.2) is 60.4 Å². The van der Waals surface area contributed by atoms with Crippen molar-refractivity contribution in [3.63, 3.8) is 0 Å². The van der Waals surface area contributed by atoms with E-state index in [0.29, 0.717) is 30.4 Å². The molecule has 2 aromatic rings. The molecule has 1 heterocycles. The lowest BCUT2D eigenvalue weighted by atomic mass is 9.84. The minimum absolute atomic E-state index is 0.0471. The molecule has 1 atom stereocenters. The number of nitrogens with one attached hydrogen (secondary N) is 1. The van der Waals surface area contributed by atoms with Gasteiger partial charge in [0.05, 0.1) is 13.5 Å². The second kappa shape index (κ2) is 17.1. The van der Waals surface area contributed by atoms with Crippen LogP contribution in [0, 0.1) is 11.7 Å². The number of alkyl halides is 3. The van der Waals surface area contributed by atoms with Crippen LogP contribution in [0.25, 0.3) is 0 Å². The number of hydrogen-bond acceptors (Lipinski definition) is 8. The zero-order valence-electron chi connectivity index (χ0n) is 25.2. The number of methoxy groups -OCH3 is 1. The number of azo groups is 1. The number of benzene rings is 2. The predicted octanol–water partition coefficient (Wildman–Crippen LogP) is 5.15. The molecule has 46 heavy (non-hydrogen) atoms. The lowest BCUT2D eigenvalue weighted by Gasteiger charge is -2.24. The molecule has 1 aliphatic heterocycles. The average molecular weight is 649 g/mol. The summed E-state index contributed by atoms with van der Waals surface area (Å²) in [5.74, 6) is -2.39. The molecule has 0 unspecified atom stereocenters. The highest BCUT2D eigenvalue weighted by molar-refractivity contribution is 6.02. The maximum Gasteiger partial charge on any atom is 0.490 e. The van der Waals surface area contributed by atoms with Gasteiger partial charge in [-0.2, -0.15) is 18.3 Å². The van der Waals surface area contributed by atoms with E-state index in [-0.39, 0.29) is 42.7 Å². The number of amides is 1. The number of nitrogens with two attached hydrogens (primary N) is 1. The molecule has 1 fully saturated rings. The number of carboxylic acid groups (broad SMARTS) is 1. The number of aliphatic carboxylic acids is 1. The minimum atomic E-state index is -5.08. The first-order valence-corrected chi connectivity index (χ1v) is 14.6. The topological polar surface area (TPSA) is 168 Å². The number of amidine groups is 2. The van der Waals surface area contributed by atoms with E-state index in [1.807, 2.05) is 24.3 Å². The largest absolute Gasteiger partial charge is 0.494 e. The monoisotopic (exact) mass is 648 g/mol. The Balaban J connectivity index is 0.000000738. The molecule has 0 aromatic heterocycles. The van der Waals surface area contributed by atoms with Crippen LogP contribution in [0.2, 0.25) is 0 Å². The highest BCUT2D eigenvalue weighted by Gasteiger charge is 2.38. The summed E-state index contributed by atoms with van der Waals surface area (Å²) in [5.41, 5.74) is 8.55. The summed E-state index contributed by atoms with van der Waals surface area (Å²) in [7, 11) is 1.40. The molecule has 0 saturated heterocycles. The van der Waals surface area contributed by atoms with E-state index in [0.717, 1.165) is 36.8 Å². The van der Waals surface area contributed by atoms with Gasteiger partial charge in [0.1, 0.15) is 17.7 Å².